The molecule has 6 heteroatoms. The summed E-state index contributed by atoms with van der Waals surface area (Å²) >= 11 is 2.19. The Kier molecular flexibility index (Phi) is 5.89. The molecule has 1 atom stereocenters. The van der Waals surface area contributed by atoms with Gasteiger partial charge in [-0.3, -0.25) is 4.90 Å². The molecule has 1 saturated heterocycles. The van der Waals surface area contributed by atoms with Crippen LogP contribution in [0, 0.1) is 9.39 Å². The third-order valence-electron chi connectivity index (χ3n) is 3.74. The first-order chi connectivity index (χ1) is 10.7. The van der Waals surface area contributed by atoms with Crippen LogP contribution in [0.4, 0.5) is 9.18 Å². The fourth-order valence-electron chi connectivity index (χ4n) is 2.67. The van der Waals surface area contributed by atoms with E-state index >= 15 is 0 Å². The number of ether oxygens (including phenoxy) is 1. The molecule has 0 saturated carbocycles. The van der Waals surface area contributed by atoms with Gasteiger partial charge in [0.25, 0.3) is 0 Å². The van der Waals surface area contributed by atoms with Crippen molar-refractivity contribution in [2.24, 2.45) is 0 Å². The lowest BCUT2D eigenvalue weighted by atomic mass is 10.1. The number of nitrogens with zero attached hydrogens (tertiary/aromatic N) is 2. The Bertz CT molecular complexity index is 574. The normalized spacial score (nSPS) is 19.7. The van der Waals surface area contributed by atoms with Gasteiger partial charge in [0.1, 0.15) is 11.4 Å². The van der Waals surface area contributed by atoms with Gasteiger partial charge in [0.15, 0.2) is 0 Å². The first-order valence-electron chi connectivity index (χ1n) is 7.81. The highest BCUT2D eigenvalue weighted by atomic mass is 127. The van der Waals surface area contributed by atoms with Crippen molar-refractivity contribution < 1.29 is 13.9 Å². The second-order valence-corrected chi connectivity index (χ2v) is 8.24. The van der Waals surface area contributed by atoms with Gasteiger partial charge in [-0.15, -0.1) is 0 Å². The quantitative estimate of drug-likeness (QED) is 0.663. The van der Waals surface area contributed by atoms with Crippen LogP contribution in [0.25, 0.3) is 0 Å². The van der Waals surface area contributed by atoms with E-state index in [4.69, 9.17) is 4.74 Å². The lowest BCUT2D eigenvalue weighted by molar-refractivity contribution is 0.000439. The molecule has 0 radical (unpaired) electrons. The van der Waals surface area contributed by atoms with Gasteiger partial charge in [-0.05, 0) is 68.5 Å². The molecular formula is C17H24FIN2O2. The molecule has 0 bridgehead atoms. The van der Waals surface area contributed by atoms with Crippen LogP contribution in [0.1, 0.15) is 33.3 Å². The first kappa shape index (κ1) is 18.4. The van der Waals surface area contributed by atoms with Crippen LogP contribution in [-0.4, -0.2) is 47.2 Å². The van der Waals surface area contributed by atoms with Gasteiger partial charge in [0.2, 0.25) is 0 Å². The maximum atomic E-state index is 13.9. The van der Waals surface area contributed by atoms with Crippen molar-refractivity contribution in [1.29, 1.82) is 0 Å². The molecule has 23 heavy (non-hydrogen) atoms. The van der Waals surface area contributed by atoms with Crippen molar-refractivity contribution in [2.45, 2.75) is 45.9 Å². The first-order valence-corrected chi connectivity index (χ1v) is 8.89. The maximum absolute atomic E-state index is 13.9. The number of halogens is 2. The van der Waals surface area contributed by atoms with Gasteiger partial charge >= 0.3 is 6.09 Å². The molecule has 1 fully saturated rings. The summed E-state index contributed by atoms with van der Waals surface area (Å²) < 4.78 is 20.4. The van der Waals surface area contributed by atoms with Gasteiger partial charge in [-0.2, -0.15) is 0 Å². The van der Waals surface area contributed by atoms with Crippen LogP contribution in [0.5, 0.6) is 0 Å². The molecule has 128 valence electrons. The average molecular weight is 434 g/mol. The molecule has 1 aromatic carbocycles. The van der Waals surface area contributed by atoms with Crippen LogP contribution >= 0.6 is 22.6 Å². The molecular weight excluding hydrogens is 410 g/mol. The summed E-state index contributed by atoms with van der Waals surface area (Å²) in [5.41, 5.74) is 0.215. The Labute approximate surface area is 151 Å². The number of rotatable bonds is 2. The number of hydrogen-bond acceptors (Lipinski definition) is 3. The third kappa shape index (κ3) is 5.31. The van der Waals surface area contributed by atoms with Gasteiger partial charge in [-0.25, -0.2) is 9.18 Å². The van der Waals surface area contributed by atoms with Crippen molar-refractivity contribution in [3.8, 4) is 0 Å². The predicted molar refractivity (Wildman–Crippen MR) is 96.8 cm³/mol. The average Bonchev–Trinajstić information content (AvgIpc) is 2.41. The Morgan fingerprint density at radius 2 is 2.09 bits per heavy atom. The number of piperazine rings is 1. The van der Waals surface area contributed by atoms with Crippen molar-refractivity contribution in [2.75, 3.05) is 19.6 Å². The predicted octanol–water partition coefficient (Wildman–Crippen LogP) is 3.87. The van der Waals surface area contributed by atoms with E-state index in [1.54, 1.807) is 11.0 Å². The summed E-state index contributed by atoms with van der Waals surface area (Å²) in [6.45, 7) is 10.2. The Morgan fingerprint density at radius 3 is 2.70 bits per heavy atom. The maximum Gasteiger partial charge on any atom is 0.410 e. The monoisotopic (exact) mass is 434 g/mol. The third-order valence-corrected chi connectivity index (χ3v) is 4.41. The van der Waals surface area contributed by atoms with Crippen molar-refractivity contribution in [3.63, 3.8) is 0 Å². The minimum Gasteiger partial charge on any atom is -0.444 e. The standard InChI is InChI=1S/C17H24FIN2O2/c1-12-10-20(11-13-9-14(19)5-6-15(13)18)7-8-21(12)16(22)23-17(2,3)4/h5-6,9,12H,7-8,10-11H2,1-4H3/t12-/m0/s1. The lowest BCUT2D eigenvalue weighted by Crippen LogP contribution is -2.54. The van der Waals surface area contributed by atoms with E-state index < -0.39 is 5.60 Å². The summed E-state index contributed by atoms with van der Waals surface area (Å²) in [4.78, 5) is 16.1. The smallest absolute Gasteiger partial charge is 0.410 e. The lowest BCUT2D eigenvalue weighted by Gasteiger charge is -2.40. The Hall–Kier alpha value is -0.890. The molecule has 0 spiro atoms. The van der Waals surface area contributed by atoms with E-state index in [2.05, 4.69) is 27.5 Å². The van der Waals surface area contributed by atoms with Crippen molar-refractivity contribution >= 4 is 28.7 Å². The van der Waals surface area contributed by atoms with E-state index in [-0.39, 0.29) is 18.0 Å². The molecule has 0 unspecified atom stereocenters. The van der Waals surface area contributed by atoms with E-state index in [9.17, 15) is 9.18 Å². The summed E-state index contributed by atoms with van der Waals surface area (Å²) in [5.74, 6) is -0.173. The van der Waals surface area contributed by atoms with Gasteiger partial charge in [0, 0.05) is 41.4 Å². The second-order valence-electron chi connectivity index (χ2n) is 6.99. The zero-order valence-electron chi connectivity index (χ0n) is 14.1. The second kappa shape index (κ2) is 7.34. The summed E-state index contributed by atoms with van der Waals surface area (Å²) in [6.07, 6.45) is -0.273. The summed E-state index contributed by atoms with van der Waals surface area (Å²) in [7, 11) is 0. The SMILES string of the molecule is C[C@H]1CN(Cc2cc(I)ccc2F)CCN1C(=O)OC(C)(C)C. The van der Waals surface area contributed by atoms with Gasteiger partial charge < -0.3 is 9.64 Å². The number of benzene rings is 1. The van der Waals surface area contributed by atoms with Crippen molar-refractivity contribution in [1.82, 2.24) is 9.80 Å². The van der Waals surface area contributed by atoms with Crippen LogP contribution in [0.15, 0.2) is 18.2 Å². The molecule has 0 N–H and O–H groups in total. The molecule has 1 aliphatic heterocycles. The zero-order valence-corrected chi connectivity index (χ0v) is 16.3. The number of carbonyl (C=O) groups is 1. The van der Waals surface area contributed by atoms with E-state index in [1.807, 2.05) is 33.8 Å². The highest BCUT2D eigenvalue weighted by Crippen LogP contribution is 2.19. The fraction of sp³-hybridized carbons (Fsp3) is 0.588. The largest absolute Gasteiger partial charge is 0.444 e. The molecule has 1 aromatic rings. The van der Waals surface area contributed by atoms with Crippen molar-refractivity contribution in [3.05, 3.63) is 33.1 Å². The molecule has 2 rings (SSSR count). The molecule has 1 aliphatic rings. The van der Waals surface area contributed by atoms with E-state index in [0.29, 0.717) is 31.7 Å². The molecule has 0 aromatic heterocycles. The minimum absolute atomic E-state index is 0.0458. The number of hydrogen-bond donors (Lipinski definition) is 0. The topological polar surface area (TPSA) is 32.8 Å². The van der Waals surface area contributed by atoms with E-state index in [0.717, 1.165) is 3.57 Å². The summed E-state index contributed by atoms with van der Waals surface area (Å²) in [6, 6.07) is 5.20. The van der Waals surface area contributed by atoms with Crippen LogP contribution < -0.4 is 0 Å². The van der Waals surface area contributed by atoms with Gasteiger partial charge in [0.05, 0.1) is 0 Å². The number of amides is 1. The van der Waals surface area contributed by atoms with Crippen LogP contribution in [0.2, 0.25) is 0 Å². The molecule has 1 heterocycles. The Balaban J connectivity index is 1.96. The highest BCUT2D eigenvalue weighted by Gasteiger charge is 2.30. The highest BCUT2D eigenvalue weighted by molar-refractivity contribution is 14.1. The molecule has 1 amide bonds. The van der Waals surface area contributed by atoms with Crippen LogP contribution in [-0.2, 0) is 11.3 Å². The zero-order chi connectivity index (χ0) is 17.2. The molecule has 0 aliphatic carbocycles. The summed E-state index contributed by atoms with van der Waals surface area (Å²) in [5, 5.41) is 0. The fourth-order valence-corrected chi connectivity index (χ4v) is 3.23. The Morgan fingerprint density at radius 1 is 1.39 bits per heavy atom. The number of carbonyl (C=O) groups excluding carboxylic acids is 1. The molecule has 4 nitrogen and oxygen atoms in total. The van der Waals surface area contributed by atoms with Crippen LogP contribution in [0.3, 0.4) is 0 Å². The minimum atomic E-state index is -0.488. The van der Waals surface area contributed by atoms with Gasteiger partial charge in [-0.1, -0.05) is 0 Å². The van der Waals surface area contributed by atoms with E-state index in [1.165, 1.54) is 6.07 Å².